The van der Waals surface area contributed by atoms with Crippen LogP contribution in [0.5, 0.6) is 5.88 Å². The summed E-state index contributed by atoms with van der Waals surface area (Å²) in [6, 6.07) is 3.55. The molecule has 0 aliphatic heterocycles. The quantitative estimate of drug-likeness (QED) is 0.790. The minimum Gasteiger partial charge on any atom is -0.481 e. The summed E-state index contributed by atoms with van der Waals surface area (Å²) in [7, 11) is -1.68. The summed E-state index contributed by atoms with van der Waals surface area (Å²) >= 11 is 0. The second kappa shape index (κ2) is 6.15. The van der Waals surface area contributed by atoms with Crippen molar-refractivity contribution in [1.82, 2.24) is 9.29 Å². The van der Waals surface area contributed by atoms with Gasteiger partial charge in [-0.25, -0.2) is 13.4 Å². The van der Waals surface area contributed by atoms with Gasteiger partial charge in [0.1, 0.15) is 0 Å². The third kappa shape index (κ3) is 3.43. The summed E-state index contributed by atoms with van der Waals surface area (Å²) in [6.07, 6.45) is 1.64. The van der Waals surface area contributed by atoms with E-state index in [-0.39, 0.29) is 0 Å². The van der Waals surface area contributed by atoms with Gasteiger partial charge < -0.3 is 4.74 Å². The van der Waals surface area contributed by atoms with Crippen molar-refractivity contribution in [3.8, 4) is 5.88 Å². The molecule has 0 amide bonds. The fourth-order valence-electron chi connectivity index (χ4n) is 1.51. The van der Waals surface area contributed by atoms with E-state index in [2.05, 4.69) is 4.98 Å². The molecule has 102 valence electrons. The number of sulfonamides is 1. The number of ether oxygens (including phenoxy) is 1. The highest BCUT2D eigenvalue weighted by Gasteiger charge is 2.24. The molecule has 0 radical (unpaired) electrons. The van der Waals surface area contributed by atoms with Gasteiger partial charge in [-0.15, -0.1) is 0 Å². The zero-order chi connectivity index (χ0) is 13.8. The van der Waals surface area contributed by atoms with Gasteiger partial charge in [0.05, 0.1) is 12.4 Å². The summed E-state index contributed by atoms with van der Waals surface area (Å²) in [5.41, 5.74) is 0.849. The first-order valence-corrected chi connectivity index (χ1v) is 7.40. The minimum atomic E-state index is -3.23. The predicted molar refractivity (Wildman–Crippen MR) is 70.9 cm³/mol. The van der Waals surface area contributed by atoms with Gasteiger partial charge >= 0.3 is 0 Å². The summed E-state index contributed by atoms with van der Waals surface area (Å²) in [6.45, 7) is 5.99. The van der Waals surface area contributed by atoms with Crippen LogP contribution in [0, 0.1) is 0 Å². The number of hydrogen-bond donors (Lipinski definition) is 0. The summed E-state index contributed by atoms with van der Waals surface area (Å²) in [5.74, 6) is 0.522. The van der Waals surface area contributed by atoms with Crippen LogP contribution in [0.2, 0.25) is 0 Å². The lowest BCUT2D eigenvalue weighted by molar-refractivity contribution is 0.395. The maximum atomic E-state index is 12.1. The molecule has 0 atom stereocenters. The predicted octanol–water partition coefficient (Wildman–Crippen LogP) is 1.65. The van der Waals surface area contributed by atoms with Crippen molar-refractivity contribution in [2.24, 2.45) is 0 Å². The molecule has 1 rings (SSSR count). The van der Waals surface area contributed by atoms with Crippen LogP contribution in [0.15, 0.2) is 18.3 Å². The van der Waals surface area contributed by atoms with E-state index in [1.165, 1.54) is 4.31 Å². The molecule has 0 aromatic carbocycles. The first kappa shape index (κ1) is 14.9. The van der Waals surface area contributed by atoms with Crippen LogP contribution >= 0.6 is 0 Å². The number of pyridine rings is 1. The van der Waals surface area contributed by atoms with Crippen LogP contribution in [-0.4, -0.2) is 36.6 Å². The number of rotatable bonds is 6. The van der Waals surface area contributed by atoms with Gasteiger partial charge in [0.25, 0.3) is 0 Å². The maximum Gasteiger partial charge on any atom is 0.216 e. The standard InChI is InChI=1S/C12H20N2O3S/c1-5-14(18(15,16)10(2)3)9-11-6-7-12(17-4)13-8-11/h6-8,10H,5,9H2,1-4H3. The van der Waals surface area contributed by atoms with Crippen LogP contribution in [0.25, 0.3) is 0 Å². The highest BCUT2D eigenvalue weighted by molar-refractivity contribution is 7.89. The van der Waals surface area contributed by atoms with Crippen molar-refractivity contribution in [1.29, 1.82) is 0 Å². The molecule has 0 bridgehead atoms. The van der Waals surface area contributed by atoms with Gasteiger partial charge in [-0.05, 0) is 19.4 Å². The van der Waals surface area contributed by atoms with Crippen molar-refractivity contribution < 1.29 is 13.2 Å². The van der Waals surface area contributed by atoms with Gasteiger partial charge in [0.15, 0.2) is 0 Å². The molecule has 18 heavy (non-hydrogen) atoms. The second-order valence-corrected chi connectivity index (χ2v) is 6.72. The Morgan fingerprint density at radius 2 is 2.06 bits per heavy atom. The van der Waals surface area contributed by atoms with Crippen molar-refractivity contribution in [3.63, 3.8) is 0 Å². The summed E-state index contributed by atoms with van der Waals surface area (Å²) < 4.78 is 30.6. The largest absolute Gasteiger partial charge is 0.481 e. The number of hydrogen-bond acceptors (Lipinski definition) is 4. The molecule has 0 saturated heterocycles. The average Bonchev–Trinajstić information content (AvgIpc) is 2.36. The lowest BCUT2D eigenvalue weighted by Crippen LogP contribution is -2.35. The van der Waals surface area contributed by atoms with Gasteiger partial charge in [-0.3, -0.25) is 0 Å². The fraction of sp³-hybridized carbons (Fsp3) is 0.583. The normalized spacial score (nSPS) is 12.1. The first-order valence-electron chi connectivity index (χ1n) is 5.89. The van der Waals surface area contributed by atoms with Crippen LogP contribution < -0.4 is 4.74 Å². The molecule has 1 aromatic heterocycles. The average molecular weight is 272 g/mol. The lowest BCUT2D eigenvalue weighted by Gasteiger charge is -2.22. The smallest absolute Gasteiger partial charge is 0.216 e. The zero-order valence-corrected chi connectivity index (χ0v) is 12.1. The Bertz CT molecular complexity index is 469. The Kier molecular flexibility index (Phi) is 5.10. The second-order valence-electron chi connectivity index (χ2n) is 4.23. The van der Waals surface area contributed by atoms with E-state index in [9.17, 15) is 8.42 Å². The van der Waals surface area contributed by atoms with Crippen LogP contribution in [-0.2, 0) is 16.6 Å². The van der Waals surface area contributed by atoms with E-state index in [1.807, 2.05) is 13.0 Å². The fourth-order valence-corrected chi connectivity index (χ4v) is 2.79. The Labute approximate surface area is 109 Å². The molecule has 0 saturated carbocycles. The van der Waals surface area contributed by atoms with Crippen molar-refractivity contribution in [2.45, 2.75) is 32.6 Å². The number of nitrogens with zero attached hydrogens (tertiary/aromatic N) is 2. The third-order valence-electron chi connectivity index (χ3n) is 2.67. The Hall–Kier alpha value is -1.14. The highest BCUT2D eigenvalue weighted by atomic mass is 32.2. The van der Waals surface area contributed by atoms with Crippen molar-refractivity contribution >= 4 is 10.0 Å². The lowest BCUT2D eigenvalue weighted by atomic mass is 10.3. The maximum absolute atomic E-state index is 12.1. The molecule has 5 nitrogen and oxygen atoms in total. The molecule has 0 fully saturated rings. The van der Waals surface area contributed by atoms with Crippen LogP contribution in [0.3, 0.4) is 0 Å². The Balaban J connectivity index is 2.86. The monoisotopic (exact) mass is 272 g/mol. The van der Waals surface area contributed by atoms with Crippen molar-refractivity contribution in [3.05, 3.63) is 23.9 Å². The zero-order valence-electron chi connectivity index (χ0n) is 11.3. The molecule has 1 heterocycles. The molecular weight excluding hydrogens is 252 g/mol. The molecule has 0 N–H and O–H groups in total. The van der Waals surface area contributed by atoms with Crippen LogP contribution in [0.1, 0.15) is 26.3 Å². The van der Waals surface area contributed by atoms with Gasteiger partial charge in [0.2, 0.25) is 15.9 Å². The van der Waals surface area contributed by atoms with E-state index in [0.717, 1.165) is 5.56 Å². The Morgan fingerprint density at radius 3 is 2.44 bits per heavy atom. The molecule has 0 spiro atoms. The third-order valence-corrected chi connectivity index (χ3v) is 4.97. The molecule has 0 aliphatic rings. The molecule has 0 aliphatic carbocycles. The van der Waals surface area contributed by atoms with Gasteiger partial charge in [-0.2, -0.15) is 4.31 Å². The molecule has 1 aromatic rings. The highest BCUT2D eigenvalue weighted by Crippen LogP contribution is 2.14. The number of methoxy groups -OCH3 is 1. The van der Waals surface area contributed by atoms with E-state index in [0.29, 0.717) is 19.0 Å². The number of aromatic nitrogens is 1. The molecular formula is C12H20N2O3S. The van der Waals surface area contributed by atoms with Crippen LogP contribution in [0.4, 0.5) is 0 Å². The van der Waals surface area contributed by atoms with E-state index in [1.54, 1.807) is 33.2 Å². The molecule has 6 heteroatoms. The van der Waals surface area contributed by atoms with E-state index in [4.69, 9.17) is 4.74 Å². The van der Waals surface area contributed by atoms with Gasteiger partial charge in [0, 0.05) is 25.4 Å². The van der Waals surface area contributed by atoms with E-state index >= 15 is 0 Å². The minimum absolute atomic E-state index is 0.341. The van der Waals surface area contributed by atoms with Gasteiger partial charge in [-0.1, -0.05) is 13.0 Å². The van der Waals surface area contributed by atoms with E-state index < -0.39 is 15.3 Å². The molecule has 0 unspecified atom stereocenters. The summed E-state index contributed by atoms with van der Waals surface area (Å²) in [4.78, 5) is 4.07. The Morgan fingerprint density at radius 1 is 1.39 bits per heavy atom. The SMILES string of the molecule is CCN(Cc1ccc(OC)nc1)S(=O)(=O)C(C)C. The topological polar surface area (TPSA) is 59.5 Å². The summed E-state index contributed by atoms with van der Waals surface area (Å²) in [5, 5.41) is -0.413. The van der Waals surface area contributed by atoms with Crippen molar-refractivity contribution in [2.75, 3.05) is 13.7 Å². The first-order chi connectivity index (χ1) is 8.41.